The first-order valence-corrected chi connectivity index (χ1v) is 16.6. The van der Waals surface area contributed by atoms with Crippen LogP contribution in [0.1, 0.15) is 89.5 Å². The molecule has 7 heteroatoms. The molecule has 3 nitrogen and oxygen atoms in total. The van der Waals surface area contributed by atoms with Gasteiger partial charge in [0, 0.05) is 63.9 Å². The van der Waals surface area contributed by atoms with Crippen LogP contribution >= 0.6 is 34.0 Å². The molecule has 0 aromatic carbocycles. The number of carbonyl (C=O) groups is 1. The standard InChI is InChI=1S/C20H20NS3.C13H24O2.Ir/c1-11-8-15(22-12(11)2)17-19-14(6-7-21-17)18-16(24-19)9-13(23-18)10-20(3,4)5;1-5-10(6-2)12(14)9-13(15)11(7-3)8-4;/h6-7,9H,10H2,1-5H3;9-11,14H,5-8H2,1-4H3;/q-1;;/b;12-9-;. The van der Waals surface area contributed by atoms with E-state index in [4.69, 9.17) is 0 Å². The third kappa shape index (κ3) is 8.58. The van der Waals surface area contributed by atoms with Gasteiger partial charge in [-0.25, -0.2) is 11.3 Å². The monoisotopic (exact) mass is 775 g/mol. The third-order valence-corrected chi connectivity index (χ3v) is 10.8. The molecular weight excluding hydrogens is 731 g/mol. The number of aliphatic hydroxyl groups excluding tert-OH is 1. The third-order valence-electron chi connectivity index (χ3n) is 7.20. The molecule has 4 aromatic heterocycles. The van der Waals surface area contributed by atoms with Crippen LogP contribution in [0.2, 0.25) is 0 Å². The van der Waals surface area contributed by atoms with Crippen molar-refractivity contribution in [3.8, 4) is 10.6 Å². The molecule has 0 saturated heterocycles. The number of aryl methyl sites for hydroxylation is 2. The van der Waals surface area contributed by atoms with E-state index in [-0.39, 0.29) is 43.5 Å². The number of aliphatic hydroxyl groups is 1. The van der Waals surface area contributed by atoms with Crippen molar-refractivity contribution in [2.24, 2.45) is 17.3 Å². The van der Waals surface area contributed by atoms with Gasteiger partial charge in [0.1, 0.15) is 0 Å². The van der Waals surface area contributed by atoms with Crippen LogP contribution in [0, 0.1) is 37.2 Å². The second kappa shape index (κ2) is 15.2. The van der Waals surface area contributed by atoms with Crippen molar-refractivity contribution in [2.75, 3.05) is 0 Å². The Morgan fingerprint density at radius 1 is 1.00 bits per heavy atom. The Morgan fingerprint density at radius 3 is 2.15 bits per heavy atom. The Balaban J connectivity index is 0.000000307. The van der Waals surface area contributed by atoms with Crippen LogP contribution in [0.3, 0.4) is 0 Å². The number of hydrogen-bond donors (Lipinski definition) is 1. The van der Waals surface area contributed by atoms with Gasteiger partial charge < -0.3 is 10.1 Å². The summed E-state index contributed by atoms with van der Waals surface area (Å²) in [5.74, 6) is 0.547. The van der Waals surface area contributed by atoms with Gasteiger partial charge in [-0.1, -0.05) is 72.1 Å². The van der Waals surface area contributed by atoms with Gasteiger partial charge in [-0.2, -0.15) is 11.6 Å². The van der Waals surface area contributed by atoms with Gasteiger partial charge in [0.2, 0.25) is 0 Å². The van der Waals surface area contributed by atoms with Crippen LogP contribution in [-0.2, 0) is 31.3 Å². The number of rotatable bonds is 9. The van der Waals surface area contributed by atoms with E-state index < -0.39 is 0 Å². The molecule has 0 fully saturated rings. The Morgan fingerprint density at radius 2 is 1.62 bits per heavy atom. The molecule has 0 saturated carbocycles. The van der Waals surface area contributed by atoms with Crippen molar-refractivity contribution >= 4 is 59.3 Å². The molecule has 0 aliphatic carbocycles. The SMILES string of the molecule is CCC(CC)C(=O)/C=C(\O)C(CC)CC.Cc1[c-]c(-c2nccc3c2sc2cc(CC(C)(C)C)sc23)sc1C.[Ir]. The van der Waals surface area contributed by atoms with Gasteiger partial charge in [0.25, 0.3) is 0 Å². The van der Waals surface area contributed by atoms with Crippen LogP contribution in [0.25, 0.3) is 30.1 Å². The molecule has 40 heavy (non-hydrogen) atoms. The van der Waals surface area contributed by atoms with E-state index in [0.717, 1.165) is 37.8 Å². The fourth-order valence-electron chi connectivity index (χ4n) is 4.70. The smallest absolute Gasteiger partial charge is 0.162 e. The molecule has 1 N–H and O–H groups in total. The van der Waals surface area contributed by atoms with E-state index in [2.05, 4.69) is 57.8 Å². The minimum absolute atomic E-state index is 0. The molecule has 0 unspecified atom stereocenters. The summed E-state index contributed by atoms with van der Waals surface area (Å²) < 4.78 is 4.12. The number of allylic oxidation sites excluding steroid dienone is 2. The summed E-state index contributed by atoms with van der Waals surface area (Å²) in [6.45, 7) is 19.3. The van der Waals surface area contributed by atoms with Crippen molar-refractivity contribution in [1.82, 2.24) is 4.98 Å². The minimum atomic E-state index is 0. The van der Waals surface area contributed by atoms with Crippen molar-refractivity contribution in [1.29, 1.82) is 0 Å². The van der Waals surface area contributed by atoms with Crippen molar-refractivity contribution in [3.05, 3.63) is 51.5 Å². The summed E-state index contributed by atoms with van der Waals surface area (Å²) in [5, 5.41) is 11.1. The number of carbonyl (C=O) groups excluding carboxylic acids is 1. The summed E-state index contributed by atoms with van der Waals surface area (Å²) in [7, 11) is 0. The van der Waals surface area contributed by atoms with Crippen molar-refractivity contribution < 1.29 is 30.0 Å². The first-order chi connectivity index (χ1) is 18.4. The topological polar surface area (TPSA) is 50.2 Å². The summed E-state index contributed by atoms with van der Waals surface area (Å²) in [4.78, 5) is 20.4. The summed E-state index contributed by atoms with van der Waals surface area (Å²) in [5.41, 5.74) is 2.66. The van der Waals surface area contributed by atoms with Gasteiger partial charge in [-0.05, 0) is 55.3 Å². The molecule has 4 aromatic rings. The fourth-order valence-corrected chi connectivity index (χ4v) is 8.66. The minimum Gasteiger partial charge on any atom is -0.512 e. The predicted octanol–water partition coefficient (Wildman–Crippen LogP) is 11.1. The van der Waals surface area contributed by atoms with Crippen LogP contribution in [0.5, 0.6) is 0 Å². The molecular formula is C33H44IrNO2S3-. The molecule has 4 rings (SSSR count). The Hall–Kier alpha value is -1.37. The number of nitrogens with zero attached hydrogens (tertiary/aromatic N) is 1. The van der Waals surface area contributed by atoms with E-state index in [1.807, 2.05) is 56.6 Å². The molecule has 221 valence electrons. The molecule has 0 spiro atoms. The fraction of sp³-hybridized carbons (Fsp3) is 0.515. The second-order valence-electron chi connectivity index (χ2n) is 11.5. The first kappa shape index (κ1) is 34.8. The Kier molecular flexibility index (Phi) is 13.2. The average Bonchev–Trinajstić information content (AvgIpc) is 3.52. The van der Waals surface area contributed by atoms with E-state index in [0.29, 0.717) is 5.41 Å². The number of aromatic nitrogens is 1. The average molecular weight is 775 g/mol. The largest absolute Gasteiger partial charge is 0.512 e. The zero-order valence-corrected chi connectivity index (χ0v) is 30.2. The quantitative estimate of drug-likeness (QED) is 0.105. The Labute approximate surface area is 266 Å². The van der Waals surface area contributed by atoms with Crippen LogP contribution in [0.15, 0.2) is 30.2 Å². The van der Waals surface area contributed by atoms with Gasteiger partial charge in [-0.3, -0.25) is 4.79 Å². The zero-order valence-electron chi connectivity index (χ0n) is 25.4. The van der Waals surface area contributed by atoms with Gasteiger partial charge in [0.05, 0.1) is 10.5 Å². The summed E-state index contributed by atoms with van der Waals surface area (Å²) >= 11 is 5.63. The van der Waals surface area contributed by atoms with Crippen LogP contribution in [-0.4, -0.2) is 15.9 Å². The van der Waals surface area contributed by atoms with Crippen molar-refractivity contribution in [3.63, 3.8) is 0 Å². The maximum atomic E-state index is 11.7. The maximum Gasteiger partial charge on any atom is 0.162 e. The molecule has 1 radical (unpaired) electrons. The normalized spacial score (nSPS) is 12.2. The molecule has 0 bridgehead atoms. The second-order valence-corrected chi connectivity index (χ2v) is 14.9. The Bertz CT molecular complexity index is 1410. The van der Waals surface area contributed by atoms with Gasteiger partial charge in [0.15, 0.2) is 5.78 Å². The van der Waals surface area contributed by atoms with Crippen LogP contribution < -0.4 is 0 Å². The first-order valence-electron chi connectivity index (χ1n) is 14.2. The van der Waals surface area contributed by atoms with E-state index >= 15 is 0 Å². The predicted molar refractivity (Wildman–Crippen MR) is 174 cm³/mol. The number of fused-ring (bicyclic) bond motifs is 3. The van der Waals surface area contributed by atoms with E-state index in [9.17, 15) is 9.90 Å². The van der Waals surface area contributed by atoms with Gasteiger partial charge in [-0.15, -0.1) is 22.7 Å². The maximum absolute atomic E-state index is 11.7. The zero-order chi connectivity index (χ0) is 28.9. The number of ketones is 1. The summed E-state index contributed by atoms with van der Waals surface area (Å²) in [6, 6.07) is 8.05. The molecule has 0 amide bonds. The van der Waals surface area contributed by atoms with Crippen LogP contribution in [0.4, 0.5) is 0 Å². The van der Waals surface area contributed by atoms with Gasteiger partial charge >= 0.3 is 0 Å². The molecule has 0 aliphatic heterocycles. The number of hydrogen-bond acceptors (Lipinski definition) is 6. The molecule has 4 heterocycles. The molecule has 0 aliphatic rings. The molecule has 0 atom stereocenters. The summed E-state index contributed by atoms with van der Waals surface area (Å²) in [6.07, 6.45) is 7.99. The number of thiophene rings is 3. The van der Waals surface area contributed by atoms with Crippen molar-refractivity contribution in [2.45, 2.75) is 94.4 Å². The van der Waals surface area contributed by atoms with E-state index in [1.54, 1.807) is 11.3 Å². The number of pyridine rings is 1. The van der Waals surface area contributed by atoms with E-state index in [1.165, 1.54) is 45.8 Å².